The highest BCUT2D eigenvalue weighted by molar-refractivity contribution is 5.95. The van der Waals surface area contributed by atoms with Crippen LogP contribution in [0.5, 0.6) is 5.75 Å². The van der Waals surface area contributed by atoms with Crippen LogP contribution in [-0.2, 0) is 20.8 Å². The van der Waals surface area contributed by atoms with E-state index in [-0.39, 0.29) is 12.0 Å². The van der Waals surface area contributed by atoms with Gasteiger partial charge in [-0.1, -0.05) is 12.1 Å². The second-order valence-corrected chi connectivity index (χ2v) is 12.6. The highest BCUT2D eigenvalue weighted by Gasteiger charge is 2.35. The van der Waals surface area contributed by atoms with Crippen molar-refractivity contribution < 1.29 is 28.5 Å². The minimum atomic E-state index is -0.595. The number of likely N-dealkylation sites (tertiary alicyclic amines) is 1. The molecule has 2 aromatic carbocycles. The normalized spacial score (nSPS) is 20.4. The van der Waals surface area contributed by atoms with Crippen molar-refractivity contribution in [2.75, 3.05) is 34.0 Å². The monoisotopic (exact) mass is 576 g/mol. The van der Waals surface area contributed by atoms with Crippen LogP contribution < -0.4 is 4.74 Å². The fraction of sp³-hybridized carbons (Fsp3) is 0.529. The predicted molar refractivity (Wildman–Crippen MR) is 162 cm³/mol. The Hall–Kier alpha value is -3.36. The lowest BCUT2D eigenvalue weighted by atomic mass is 9.76. The van der Waals surface area contributed by atoms with Crippen molar-refractivity contribution in [2.45, 2.75) is 71.6 Å². The molecule has 0 N–H and O–H groups in total. The molecule has 0 unspecified atom stereocenters. The number of hydrogen-bond donors (Lipinski definition) is 0. The number of esters is 1. The van der Waals surface area contributed by atoms with E-state index in [2.05, 4.69) is 17.0 Å². The third-order valence-corrected chi connectivity index (χ3v) is 8.80. The van der Waals surface area contributed by atoms with E-state index >= 15 is 0 Å². The molecule has 42 heavy (non-hydrogen) atoms. The number of ether oxygens (including phenoxy) is 4. The maximum absolute atomic E-state index is 13.1. The molecule has 2 saturated heterocycles. The maximum atomic E-state index is 13.1. The first kappa shape index (κ1) is 30.1. The summed E-state index contributed by atoms with van der Waals surface area (Å²) in [6.45, 7) is 10.9. The van der Waals surface area contributed by atoms with E-state index in [0.29, 0.717) is 23.9 Å². The van der Waals surface area contributed by atoms with E-state index in [1.807, 2.05) is 52.0 Å². The van der Waals surface area contributed by atoms with Crippen molar-refractivity contribution in [3.63, 3.8) is 0 Å². The molecule has 8 heteroatoms. The molecule has 0 spiro atoms. The fourth-order valence-electron chi connectivity index (χ4n) is 6.73. The highest BCUT2D eigenvalue weighted by Crippen LogP contribution is 2.43. The first-order valence-electron chi connectivity index (χ1n) is 15.0. The molecular weight excluding hydrogens is 532 g/mol. The number of rotatable bonds is 6. The van der Waals surface area contributed by atoms with Crippen LogP contribution >= 0.6 is 0 Å². The Balaban J connectivity index is 1.50. The van der Waals surface area contributed by atoms with Crippen LogP contribution in [0.15, 0.2) is 42.6 Å². The molecule has 8 nitrogen and oxygen atoms in total. The van der Waals surface area contributed by atoms with Crippen molar-refractivity contribution in [2.24, 2.45) is 11.8 Å². The van der Waals surface area contributed by atoms with Crippen molar-refractivity contribution in [3.05, 3.63) is 64.8 Å². The van der Waals surface area contributed by atoms with Gasteiger partial charge >= 0.3 is 12.1 Å². The fourth-order valence-corrected chi connectivity index (χ4v) is 6.73. The second kappa shape index (κ2) is 12.5. The van der Waals surface area contributed by atoms with Gasteiger partial charge in [0.1, 0.15) is 11.4 Å². The van der Waals surface area contributed by atoms with E-state index in [1.165, 1.54) is 12.7 Å². The number of methoxy groups -OCH3 is 2. The Morgan fingerprint density at radius 1 is 1.00 bits per heavy atom. The molecule has 0 saturated carbocycles. The van der Waals surface area contributed by atoms with E-state index in [4.69, 9.17) is 18.9 Å². The molecular formula is C34H44N2O6. The van der Waals surface area contributed by atoms with Crippen LogP contribution in [0.3, 0.4) is 0 Å². The summed E-state index contributed by atoms with van der Waals surface area (Å²) >= 11 is 0. The number of fused-ring (bicyclic) bond motifs is 1. The van der Waals surface area contributed by atoms with Gasteiger partial charge in [0.15, 0.2) is 0 Å². The zero-order chi connectivity index (χ0) is 30.0. The Morgan fingerprint density at radius 2 is 1.71 bits per heavy atom. The zero-order valence-electron chi connectivity index (χ0n) is 25.8. The third-order valence-electron chi connectivity index (χ3n) is 8.80. The van der Waals surface area contributed by atoms with Gasteiger partial charge in [-0.2, -0.15) is 0 Å². The first-order chi connectivity index (χ1) is 20.1. The molecule has 2 atom stereocenters. The average Bonchev–Trinajstić information content (AvgIpc) is 3.44. The summed E-state index contributed by atoms with van der Waals surface area (Å²) in [4.78, 5) is 27.8. The van der Waals surface area contributed by atoms with E-state index in [9.17, 15) is 9.59 Å². The maximum Gasteiger partial charge on any atom is 0.419 e. The smallest absolute Gasteiger partial charge is 0.419 e. The summed E-state index contributed by atoms with van der Waals surface area (Å²) in [5, 5.41) is 0.990. The van der Waals surface area contributed by atoms with Gasteiger partial charge in [-0.25, -0.2) is 9.59 Å². The van der Waals surface area contributed by atoms with Crippen LogP contribution in [-0.4, -0.2) is 61.1 Å². The molecule has 1 aromatic heterocycles. The van der Waals surface area contributed by atoms with Crippen molar-refractivity contribution in [3.8, 4) is 5.75 Å². The second-order valence-electron chi connectivity index (χ2n) is 12.6. The van der Waals surface area contributed by atoms with E-state index in [0.717, 1.165) is 73.2 Å². The lowest BCUT2D eigenvalue weighted by Crippen LogP contribution is -2.39. The number of aromatic nitrogens is 1. The molecule has 0 amide bonds. The topological polar surface area (TPSA) is 79.2 Å². The minimum absolute atomic E-state index is 0.173. The Kier molecular flexibility index (Phi) is 8.94. The van der Waals surface area contributed by atoms with Gasteiger partial charge in [-0.3, -0.25) is 9.47 Å². The van der Waals surface area contributed by atoms with Gasteiger partial charge in [0.05, 0.1) is 25.3 Å². The van der Waals surface area contributed by atoms with Crippen molar-refractivity contribution in [1.82, 2.24) is 9.47 Å². The molecule has 226 valence electrons. The quantitative estimate of drug-likeness (QED) is 0.295. The van der Waals surface area contributed by atoms with Gasteiger partial charge in [0.2, 0.25) is 0 Å². The average molecular weight is 577 g/mol. The highest BCUT2D eigenvalue weighted by atomic mass is 16.6. The van der Waals surface area contributed by atoms with Gasteiger partial charge in [0, 0.05) is 42.9 Å². The zero-order valence-corrected chi connectivity index (χ0v) is 25.8. The Bertz CT molecular complexity index is 1410. The van der Waals surface area contributed by atoms with Crippen LogP contribution in [0.25, 0.3) is 10.9 Å². The first-order valence-corrected chi connectivity index (χ1v) is 15.0. The standard InChI is InChI=1S/C34H44N2O6/c1-22-19-30(39-5)28(27-12-16-36(31(22)27)33(38)42-34(2,3)4)21-35-15-11-26(23-13-17-41-18-14-23)20-29(35)24-7-9-25(10-8-24)32(37)40-6/h7-10,12,16,19,23,26,29H,11,13-15,17-18,20-21H2,1-6H3/t26-,29-/m0/s1. The van der Waals surface area contributed by atoms with Gasteiger partial charge < -0.3 is 18.9 Å². The number of carbonyl (C=O) groups is 2. The van der Waals surface area contributed by atoms with Crippen LogP contribution in [0.2, 0.25) is 0 Å². The number of hydrogen-bond acceptors (Lipinski definition) is 7. The number of piperidine rings is 1. The van der Waals surface area contributed by atoms with Gasteiger partial charge in [-0.15, -0.1) is 0 Å². The molecule has 5 rings (SSSR count). The SMILES string of the molecule is COC(=O)c1ccc([C@@H]2C[C@@H](C3CCOCC3)CCN2Cc2c(OC)cc(C)c3c2ccn3C(=O)OC(C)(C)C)cc1. The Morgan fingerprint density at radius 3 is 2.36 bits per heavy atom. The van der Waals surface area contributed by atoms with Crippen molar-refractivity contribution in [1.29, 1.82) is 0 Å². The summed E-state index contributed by atoms with van der Waals surface area (Å²) in [5.74, 6) is 1.77. The molecule has 2 fully saturated rings. The Labute approximate surface area is 248 Å². The molecule has 0 radical (unpaired) electrons. The van der Waals surface area contributed by atoms with Crippen LogP contribution in [0.1, 0.15) is 79.5 Å². The summed E-state index contributed by atoms with van der Waals surface area (Å²) < 4.78 is 23.8. The van der Waals surface area contributed by atoms with Crippen LogP contribution in [0.4, 0.5) is 4.79 Å². The molecule has 2 aliphatic rings. The number of nitrogens with zero attached hydrogens (tertiary/aromatic N) is 2. The molecule has 3 heterocycles. The van der Waals surface area contributed by atoms with Crippen LogP contribution in [0, 0.1) is 18.8 Å². The predicted octanol–water partition coefficient (Wildman–Crippen LogP) is 6.91. The summed E-state index contributed by atoms with van der Waals surface area (Å²) in [6.07, 6.45) is 5.80. The largest absolute Gasteiger partial charge is 0.496 e. The number of benzene rings is 2. The summed E-state index contributed by atoms with van der Waals surface area (Å²) in [7, 11) is 3.11. The van der Waals surface area contributed by atoms with E-state index in [1.54, 1.807) is 17.9 Å². The lowest BCUT2D eigenvalue weighted by Gasteiger charge is -2.43. The minimum Gasteiger partial charge on any atom is -0.496 e. The lowest BCUT2D eigenvalue weighted by molar-refractivity contribution is 0.0141. The molecule has 0 aliphatic carbocycles. The molecule has 3 aromatic rings. The number of aryl methyl sites for hydroxylation is 1. The molecule has 0 bridgehead atoms. The third kappa shape index (κ3) is 6.35. The van der Waals surface area contributed by atoms with Gasteiger partial charge in [0.25, 0.3) is 0 Å². The molecule has 2 aliphatic heterocycles. The van der Waals surface area contributed by atoms with Crippen molar-refractivity contribution >= 4 is 23.0 Å². The van der Waals surface area contributed by atoms with Gasteiger partial charge in [-0.05, 0) is 107 Å². The summed E-state index contributed by atoms with van der Waals surface area (Å²) in [5.41, 5.74) is 4.00. The summed E-state index contributed by atoms with van der Waals surface area (Å²) in [6, 6.07) is 12.1. The number of carbonyl (C=O) groups excluding carboxylic acids is 2. The van der Waals surface area contributed by atoms with E-state index < -0.39 is 11.7 Å².